The topological polar surface area (TPSA) is 86.8 Å². The van der Waals surface area contributed by atoms with E-state index < -0.39 is 16.1 Å². The van der Waals surface area contributed by atoms with Gasteiger partial charge in [0.05, 0.1) is 11.9 Å². The fraction of sp³-hybridized carbons (Fsp3) is 0.394. The summed E-state index contributed by atoms with van der Waals surface area (Å²) < 4.78 is 26.5. The first-order chi connectivity index (χ1) is 20.6. The summed E-state index contributed by atoms with van der Waals surface area (Å²) in [5.41, 5.74) is 2.23. The molecule has 0 radical (unpaired) electrons. The van der Waals surface area contributed by atoms with E-state index in [0.29, 0.717) is 22.2 Å². The second kappa shape index (κ2) is 15.6. The summed E-state index contributed by atoms with van der Waals surface area (Å²) in [7, 11) is -3.62. The van der Waals surface area contributed by atoms with Gasteiger partial charge in [-0.15, -0.1) is 0 Å². The van der Waals surface area contributed by atoms with Gasteiger partial charge in [0.15, 0.2) is 0 Å². The molecule has 230 valence electrons. The predicted octanol–water partition coefficient (Wildman–Crippen LogP) is 6.63. The molecule has 1 N–H and O–H groups in total. The van der Waals surface area contributed by atoms with Gasteiger partial charge in [0.1, 0.15) is 6.04 Å². The van der Waals surface area contributed by atoms with Crippen LogP contribution in [0, 0.1) is 0 Å². The van der Waals surface area contributed by atoms with Gasteiger partial charge in [-0.25, -0.2) is 8.42 Å². The Hall–Kier alpha value is -3.07. The lowest BCUT2D eigenvalue weighted by Crippen LogP contribution is -2.52. The van der Waals surface area contributed by atoms with Gasteiger partial charge in [-0.2, -0.15) is 0 Å². The van der Waals surface area contributed by atoms with E-state index in [2.05, 4.69) is 5.32 Å². The number of benzene rings is 3. The van der Waals surface area contributed by atoms with Crippen LogP contribution in [0.5, 0.6) is 0 Å². The van der Waals surface area contributed by atoms with Crippen molar-refractivity contribution in [3.63, 3.8) is 0 Å². The van der Waals surface area contributed by atoms with Crippen molar-refractivity contribution in [2.45, 2.75) is 70.0 Å². The second-order valence-corrected chi connectivity index (χ2v) is 13.9. The van der Waals surface area contributed by atoms with Crippen molar-refractivity contribution >= 4 is 50.7 Å². The van der Waals surface area contributed by atoms with E-state index in [1.807, 2.05) is 42.5 Å². The van der Waals surface area contributed by atoms with Crippen LogP contribution in [-0.2, 0) is 32.6 Å². The third-order valence-electron chi connectivity index (χ3n) is 7.74. The van der Waals surface area contributed by atoms with Crippen LogP contribution in [0.1, 0.15) is 56.1 Å². The van der Waals surface area contributed by atoms with Crippen LogP contribution >= 0.6 is 23.2 Å². The number of anilines is 1. The lowest BCUT2D eigenvalue weighted by atomic mass is 9.94. The van der Waals surface area contributed by atoms with Crippen LogP contribution in [-0.4, -0.2) is 50.0 Å². The Bertz CT molecular complexity index is 1460. The Morgan fingerprint density at radius 1 is 0.884 bits per heavy atom. The molecular weight excluding hydrogens is 605 g/mol. The van der Waals surface area contributed by atoms with Crippen molar-refractivity contribution in [3.05, 3.63) is 100 Å². The van der Waals surface area contributed by atoms with E-state index in [0.717, 1.165) is 43.1 Å². The van der Waals surface area contributed by atoms with Crippen LogP contribution in [0.2, 0.25) is 10.0 Å². The Morgan fingerprint density at radius 3 is 2.23 bits per heavy atom. The molecule has 1 atom stereocenters. The molecule has 1 aliphatic rings. The monoisotopic (exact) mass is 643 g/mol. The summed E-state index contributed by atoms with van der Waals surface area (Å²) in [5, 5.41) is 4.24. The maximum Gasteiger partial charge on any atom is 0.243 e. The van der Waals surface area contributed by atoms with Crippen LogP contribution in [0.25, 0.3) is 0 Å². The highest BCUT2D eigenvalue weighted by Crippen LogP contribution is 2.24. The van der Waals surface area contributed by atoms with E-state index in [-0.39, 0.29) is 43.8 Å². The quantitative estimate of drug-likeness (QED) is 0.227. The number of hydrogen-bond donors (Lipinski definition) is 1. The van der Waals surface area contributed by atoms with Crippen LogP contribution in [0.4, 0.5) is 5.69 Å². The van der Waals surface area contributed by atoms with E-state index in [4.69, 9.17) is 23.2 Å². The maximum absolute atomic E-state index is 14.0. The second-order valence-electron chi connectivity index (χ2n) is 11.1. The minimum Gasteiger partial charge on any atom is -0.352 e. The van der Waals surface area contributed by atoms with Gasteiger partial charge >= 0.3 is 0 Å². The molecule has 0 aromatic heterocycles. The molecule has 0 spiro atoms. The van der Waals surface area contributed by atoms with Gasteiger partial charge in [0.25, 0.3) is 0 Å². The van der Waals surface area contributed by atoms with Crippen LogP contribution in [0.3, 0.4) is 0 Å². The van der Waals surface area contributed by atoms with E-state index in [9.17, 15) is 18.0 Å². The molecule has 1 fully saturated rings. The predicted molar refractivity (Wildman–Crippen MR) is 174 cm³/mol. The molecule has 4 rings (SSSR count). The zero-order valence-corrected chi connectivity index (χ0v) is 26.8. The average molecular weight is 645 g/mol. The highest BCUT2D eigenvalue weighted by molar-refractivity contribution is 7.92. The number of hydrogen-bond acceptors (Lipinski definition) is 4. The van der Waals surface area contributed by atoms with Crippen LogP contribution < -0.4 is 9.62 Å². The lowest BCUT2D eigenvalue weighted by molar-refractivity contribution is -0.141. The standard InChI is InChI=1S/C33H39Cl2N3O4S/c1-43(41,42)38(30-15-8-12-28(35)23-30)21-9-16-32(39)37(24-26-17-19-27(34)20-18-26)31(22-25-10-4-2-5-11-25)33(40)36-29-13-6-3-7-14-29/h2,4-5,8,10-12,15,17-20,23,29,31H,3,6-7,9,13-14,16,21-22,24H2,1H3,(H,36,40)/t31-/m1/s1. The lowest BCUT2D eigenvalue weighted by Gasteiger charge is -2.34. The zero-order chi connectivity index (χ0) is 30.8. The molecule has 0 unspecified atom stereocenters. The van der Waals surface area contributed by atoms with Gasteiger partial charge in [0, 0.05) is 42.0 Å². The highest BCUT2D eigenvalue weighted by atomic mass is 35.5. The first-order valence-electron chi connectivity index (χ1n) is 14.7. The molecule has 0 bridgehead atoms. The van der Waals surface area contributed by atoms with Gasteiger partial charge in [-0.1, -0.05) is 91.0 Å². The van der Waals surface area contributed by atoms with Gasteiger partial charge in [-0.05, 0) is 60.7 Å². The van der Waals surface area contributed by atoms with E-state index in [1.165, 1.54) is 10.7 Å². The maximum atomic E-state index is 14.0. The Morgan fingerprint density at radius 2 is 1.58 bits per heavy atom. The summed E-state index contributed by atoms with van der Waals surface area (Å²) in [6.07, 6.45) is 6.99. The summed E-state index contributed by atoms with van der Waals surface area (Å²) >= 11 is 12.3. The van der Waals surface area contributed by atoms with Crippen molar-refractivity contribution in [2.24, 2.45) is 0 Å². The number of sulfonamides is 1. The zero-order valence-electron chi connectivity index (χ0n) is 24.4. The number of halogens is 2. The molecule has 1 saturated carbocycles. The number of amides is 2. The fourth-order valence-electron chi connectivity index (χ4n) is 5.52. The Balaban J connectivity index is 1.58. The van der Waals surface area contributed by atoms with Crippen molar-refractivity contribution in [2.75, 3.05) is 17.1 Å². The first-order valence-corrected chi connectivity index (χ1v) is 17.3. The molecule has 1 aliphatic carbocycles. The number of rotatable bonds is 13. The normalized spacial score (nSPS) is 14.6. The molecule has 0 heterocycles. The summed E-state index contributed by atoms with van der Waals surface area (Å²) in [5.74, 6) is -0.399. The Kier molecular flexibility index (Phi) is 11.9. The fourth-order valence-corrected chi connectivity index (χ4v) is 6.79. The molecule has 0 saturated heterocycles. The molecule has 10 heteroatoms. The number of nitrogens with zero attached hydrogens (tertiary/aromatic N) is 2. The van der Waals surface area contributed by atoms with E-state index >= 15 is 0 Å². The van der Waals surface area contributed by atoms with Crippen molar-refractivity contribution < 1.29 is 18.0 Å². The highest BCUT2D eigenvalue weighted by Gasteiger charge is 2.32. The number of carbonyl (C=O) groups is 2. The van der Waals surface area contributed by atoms with Gasteiger partial charge in [-0.3, -0.25) is 13.9 Å². The third-order valence-corrected chi connectivity index (χ3v) is 9.42. The van der Waals surface area contributed by atoms with Gasteiger partial charge in [0.2, 0.25) is 21.8 Å². The molecule has 3 aromatic carbocycles. The summed E-state index contributed by atoms with van der Waals surface area (Å²) in [4.78, 5) is 29.5. The molecule has 0 aliphatic heterocycles. The first kappa shape index (κ1) is 32.8. The summed E-state index contributed by atoms with van der Waals surface area (Å²) in [6.45, 7) is 0.312. The van der Waals surface area contributed by atoms with Gasteiger partial charge < -0.3 is 10.2 Å². The van der Waals surface area contributed by atoms with Crippen molar-refractivity contribution in [1.82, 2.24) is 10.2 Å². The summed E-state index contributed by atoms with van der Waals surface area (Å²) in [6, 6.07) is 22.9. The molecular formula is C33H39Cl2N3O4S. The van der Waals surface area contributed by atoms with Crippen molar-refractivity contribution in [1.29, 1.82) is 0 Å². The molecule has 43 heavy (non-hydrogen) atoms. The van der Waals surface area contributed by atoms with E-state index in [1.54, 1.807) is 41.3 Å². The van der Waals surface area contributed by atoms with Crippen molar-refractivity contribution in [3.8, 4) is 0 Å². The SMILES string of the molecule is CS(=O)(=O)N(CCCC(=O)N(Cc1ccc(Cl)cc1)[C@H](Cc1ccccc1)C(=O)NC1CCCCC1)c1cccc(Cl)c1. The Labute approximate surface area is 265 Å². The average Bonchev–Trinajstić information content (AvgIpc) is 2.98. The minimum absolute atomic E-state index is 0.0577. The third kappa shape index (κ3) is 9.98. The largest absolute Gasteiger partial charge is 0.352 e. The molecule has 7 nitrogen and oxygen atoms in total. The number of carbonyl (C=O) groups excluding carboxylic acids is 2. The minimum atomic E-state index is -3.62. The smallest absolute Gasteiger partial charge is 0.243 e. The number of nitrogens with one attached hydrogen (secondary N) is 1. The molecule has 2 amide bonds. The van der Waals surface area contributed by atoms with Crippen LogP contribution in [0.15, 0.2) is 78.9 Å². The molecule has 3 aromatic rings.